The van der Waals surface area contributed by atoms with Gasteiger partial charge in [-0.3, -0.25) is 0 Å². The fourth-order valence-corrected chi connectivity index (χ4v) is 4.93. The zero-order chi connectivity index (χ0) is 22.8. The van der Waals surface area contributed by atoms with Gasteiger partial charge < -0.3 is 9.31 Å². The van der Waals surface area contributed by atoms with E-state index in [0.29, 0.717) is 0 Å². The Balaban J connectivity index is 1.57. The van der Waals surface area contributed by atoms with Gasteiger partial charge >= 0.3 is 7.12 Å². The number of benzene rings is 5. The molecule has 2 nitrogen and oxygen atoms in total. The second-order valence-corrected chi connectivity index (χ2v) is 10.1. The third-order valence-electron chi connectivity index (χ3n) is 7.49. The highest BCUT2D eigenvalue weighted by Gasteiger charge is 2.51. The monoisotopic (exact) mass is 430 g/mol. The summed E-state index contributed by atoms with van der Waals surface area (Å²) < 4.78 is 12.7. The second kappa shape index (κ2) is 7.18. The van der Waals surface area contributed by atoms with E-state index < -0.39 is 0 Å². The molecule has 0 aromatic heterocycles. The van der Waals surface area contributed by atoms with Crippen molar-refractivity contribution in [1.82, 2.24) is 0 Å². The number of hydrogen-bond donors (Lipinski definition) is 0. The molecule has 6 rings (SSSR count). The molecule has 0 saturated carbocycles. The van der Waals surface area contributed by atoms with E-state index in [2.05, 4.69) is 119 Å². The van der Waals surface area contributed by atoms with Crippen LogP contribution in [-0.4, -0.2) is 18.3 Å². The van der Waals surface area contributed by atoms with Crippen LogP contribution in [-0.2, 0) is 9.31 Å². The smallest absolute Gasteiger partial charge is 0.399 e. The van der Waals surface area contributed by atoms with Crippen molar-refractivity contribution in [3.63, 3.8) is 0 Å². The quantitative estimate of drug-likeness (QED) is 0.219. The summed E-state index contributed by atoms with van der Waals surface area (Å²) >= 11 is 0. The summed E-state index contributed by atoms with van der Waals surface area (Å²) in [5.74, 6) is 0. The molecule has 1 heterocycles. The van der Waals surface area contributed by atoms with Gasteiger partial charge in [0.05, 0.1) is 11.2 Å². The molecule has 5 aromatic carbocycles. The van der Waals surface area contributed by atoms with Gasteiger partial charge in [-0.15, -0.1) is 0 Å². The van der Waals surface area contributed by atoms with E-state index >= 15 is 0 Å². The molecule has 0 atom stereocenters. The van der Waals surface area contributed by atoms with Crippen LogP contribution in [0.15, 0.2) is 91.0 Å². The molecule has 5 aromatic rings. The van der Waals surface area contributed by atoms with Gasteiger partial charge in [0.1, 0.15) is 0 Å². The van der Waals surface area contributed by atoms with Crippen LogP contribution in [0.25, 0.3) is 43.4 Å². The van der Waals surface area contributed by atoms with Crippen LogP contribution in [0.1, 0.15) is 27.7 Å². The Morgan fingerprint density at radius 2 is 1.15 bits per heavy atom. The van der Waals surface area contributed by atoms with Crippen LogP contribution in [0, 0.1) is 0 Å². The number of hydrogen-bond acceptors (Lipinski definition) is 2. The SMILES string of the molecule is CC1(C)OB(c2ccc3cc(-c4cccc5ccccc45)c4ccccc4c3c2)OC1(C)C. The predicted molar refractivity (Wildman–Crippen MR) is 140 cm³/mol. The Morgan fingerprint density at radius 1 is 0.515 bits per heavy atom. The van der Waals surface area contributed by atoms with Crippen molar-refractivity contribution in [3.8, 4) is 11.1 Å². The maximum Gasteiger partial charge on any atom is 0.494 e. The minimum absolute atomic E-state index is 0.354. The lowest BCUT2D eigenvalue weighted by Crippen LogP contribution is -2.41. The molecule has 1 fully saturated rings. The third-order valence-corrected chi connectivity index (χ3v) is 7.49. The molecular formula is C30H27BO2. The first-order chi connectivity index (χ1) is 15.8. The second-order valence-electron chi connectivity index (χ2n) is 10.1. The van der Waals surface area contributed by atoms with Crippen molar-refractivity contribution in [1.29, 1.82) is 0 Å². The third kappa shape index (κ3) is 3.19. The molecule has 3 heteroatoms. The van der Waals surface area contributed by atoms with Crippen molar-refractivity contribution >= 4 is 44.9 Å². The Morgan fingerprint density at radius 3 is 1.91 bits per heavy atom. The Kier molecular flexibility index (Phi) is 4.45. The highest BCUT2D eigenvalue weighted by atomic mass is 16.7. The largest absolute Gasteiger partial charge is 0.494 e. The van der Waals surface area contributed by atoms with Crippen molar-refractivity contribution < 1.29 is 9.31 Å². The number of rotatable bonds is 2. The van der Waals surface area contributed by atoms with Crippen molar-refractivity contribution in [2.45, 2.75) is 38.9 Å². The fourth-order valence-electron chi connectivity index (χ4n) is 4.93. The summed E-state index contributed by atoms with van der Waals surface area (Å²) in [4.78, 5) is 0. The summed E-state index contributed by atoms with van der Waals surface area (Å²) in [6.07, 6.45) is 0. The Labute approximate surface area is 195 Å². The van der Waals surface area contributed by atoms with E-state index in [-0.39, 0.29) is 18.3 Å². The first-order valence-electron chi connectivity index (χ1n) is 11.6. The molecule has 0 aliphatic carbocycles. The molecule has 162 valence electrons. The van der Waals surface area contributed by atoms with Gasteiger partial charge in [0.2, 0.25) is 0 Å². The van der Waals surface area contributed by atoms with Crippen LogP contribution in [0.3, 0.4) is 0 Å². The first kappa shape index (κ1) is 20.5. The lowest BCUT2D eigenvalue weighted by atomic mass is 9.77. The molecular weight excluding hydrogens is 403 g/mol. The molecule has 0 radical (unpaired) electrons. The minimum atomic E-state index is -0.365. The van der Waals surface area contributed by atoms with Crippen molar-refractivity contribution in [3.05, 3.63) is 91.0 Å². The van der Waals surface area contributed by atoms with E-state index in [1.54, 1.807) is 0 Å². The van der Waals surface area contributed by atoms with Gasteiger partial charge in [-0.2, -0.15) is 0 Å². The van der Waals surface area contributed by atoms with E-state index in [9.17, 15) is 0 Å². The lowest BCUT2D eigenvalue weighted by molar-refractivity contribution is 0.00578. The van der Waals surface area contributed by atoms with Gasteiger partial charge in [-0.25, -0.2) is 0 Å². The molecule has 1 aliphatic rings. The maximum atomic E-state index is 6.33. The average Bonchev–Trinajstić information content (AvgIpc) is 3.04. The first-order valence-corrected chi connectivity index (χ1v) is 11.6. The molecule has 0 amide bonds. The summed E-state index contributed by atoms with van der Waals surface area (Å²) in [6.45, 7) is 8.39. The molecule has 1 saturated heterocycles. The molecule has 0 spiro atoms. The molecule has 33 heavy (non-hydrogen) atoms. The van der Waals surface area contributed by atoms with Crippen molar-refractivity contribution in [2.24, 2.45) is 0 Å². The maximum absolute atomic E-state index is 6.33. The zero-order valence-corrected chi connectivity index (χ0v) is 19.6. The van der Waals surface area contributed by atoms with Crippen LogP contribution < -0.4 is 5.46 Å². The van der Waals surface area contributed by atoms with Crippen LogP contribution >= 0.6 is 0 Å². The van der Waals surface area contributed by atoms with E-state index in [1.807, 2.05) is 0 Å². The lowest BCUT2D eigenvalue weighted by Gasteiger charge is -2.32. The van der Waals surface area contributed by atoms with Gasteiger partial charge in [0.15, 0.2) is 0 Å². The van der Waals surface area contributed by atoms with Crippen molar-refractivity contribution in [2.75, 3.05) is 0 Å². The topological polar surface area (TPSA) is 18.5 Å². The molecule has 0 unspecified atom stereocenters. The minimum Gasteiger partial charge on any atom is -0.399 e. The fraction of sp³-hybridized carbons (Fsp3) is 0.200. The predicted octanol–water partition coefficient (Wildman–Crippen LogP) is 7.11. The zero-order valence-electron chi connectivity index (χ0n) is 19.6. The summed E-state index contributed by atoms with van der Waals surface area (Å²) in [6, 6.07) is 32.8. The normalized spacial score (nSPS) is 17.3. The Hall–Kier alpha value is -3.14. The van der Waals surface area contributed by atoms with E-state index in [1.165, 1.54) is 43.4 Å². The number of fused-ring (bicyclic) bond motifs is 4. The Bertz CT molecular complexity index is 1510. The molecule has 0 bridgehead atoms. The molecule has 0 N–H and O–H groups in total. The van der Waals surface area contributed by atoms with Gasteiger partial charge in [-0.05, 0) is 82.7 Å². The summed E-state index contributed by atoms with van der Waals surface area (Å²) in [5, 5.41) is 7.48. The highest BCUT2D eigenvalue weighted by molar-refractivity contribution is 6.62. The van der Waals surface area contributed by atoms with Crippen LogP contribution in [0.4, 0.5) is 0 Å². The summed E-state index contributed by atoms with van der Waals surface area (Å²) in [5.41, 5.74) is 2.88. The van der Waals surface area contributed by atoms with Crippen LogP contribution in [0.5, 0.6) is 0 Å². The van der Waals surface area contributed by atoms with Crippen LogP contribution in [0.2, 0.25) is 0 Å². The average molecular weight is 430 g/mol. The molecule has 1 aliphatic heterocycles. The van der Waals surface area contributed by atoms with E-state index in [4.69, 9.17) is 9.31 Å². The van der Waals surface area contributed by atoms with Gasteiger partial charge in [-0.1, -0.05) is 84.9 Å². The standard InChI is InChI=1S/C30H27BO2/c1-29(2)30(3,4)33-31(32-29)22-17-16-21-18-28(26-14-8-7-13-25(26)27(21)19-22)24-15-9-11-20-10-5-6-12-23(20)24/h5-19H,1-4H3. The van der Waals surface area contributed by atoms with E-state index in [0.717, 1.165) is 5.46 Å². The highest BCUT2D eigenvalue weighted by Crippen LogP contribution is 2.39. The van der Waals surface area contributed by atoms with Gasteiger partial charge in [0.25, 0.3) is 0 Å². The van der Waals surface area contributed by atoms with Gasteiger partial charge in [0, 0.05) is 0 Å². The summed E-state index contributed by atoms with van der Waals surface area (Å²) in [7, 11) is -0.365.